The highest BCUT2D eigenvalue weighted by molar-refractivity contribution is 5.93. The molecule has 2 N–H and O–H groups in total. The highest BCUT2D eigenvalue weighted by atomic mass is 16.5. The lowest BCUT2D eigenvalue weighted by atomic mass is 10.2. The van der Waals surface area contributed by atoms with Crippen molar-refractivity contribution in [2.24, 2.45) is 0 Å². The molecule has 0 aliphatic rings. The summed E-state index contributed by atoms with van der Waals surface area (Å²) in [6, 6.07) is 8.96. The van der Waals surface area contributed by atoms with E-state index in [1.54, 1.807) is 53.9 Å². The molecule has 0 aromatic heterocycles. The van der Waals surface area contributed by atoms with Gasteiger partial charge in [-0.05, 0) is 18.6 Å². The summed E-state index contributed by atoms with van der Waals surface area (Å²) < 4.78 is 0. The maximum Gasteiger partial charge on any atom is 0.268 e. The smallest absolute Gasteiger partial charge is 0.268 e. The van der Waals surface area contributed by atoms with Crippen LogP contribution in [0.4, 0.5) is 0 Å². The minimum atomic E-state index is -0.453. The number of nitrogens with zero attached hydrogens (tertiary/aromatic N) is 2. The zero-order valence-electron chi connectivity index (χ0n) is 11.2. The number of hydrogen-bond donors (Lipinski definition) is 2. The molecule has 0 unspecified atom stereocenters. The number of carbonyl (C=O) groups is 2. The van der Waals surface area contributed by atoms with Crippen LogP contribution < -0.4 is 5.48 Å². The van der Waals surface area contributed by atoms with Crippen molar-refractivity contribution in [3.63, 3.8) is 0 Å². The van der Waals surface area contributed by atoms with Crippen LogP contribution in [0.2, 0.25) is 0 Å². The van der Waals surface area contributed by atoms with Crippen LogP contribution in [0, 0.1) is 0 Å². The maximum absolute atomic E-state index is 12.3. The second kappa shape index (κ2) is 7.50. The van der Waals surface area contributed by atoms with Gasteiger partial charge < -0.3 is 0 Å². The molecule has 1 rings (SSSR count). The molecule has 0 atom stereocenters. The molecule has 1 aromatic rings. The summed E-state index contributed by atoms with van der Waals surface area (Å²) in [5, 5.41) is 11.6. The van der Waals surface area contributed by atoms with E-state index in [2.05, 4.69) is 0 Å². The fourth-order valence-corrected chi connectivity index (χ4v) is 1.66. The average Bonchev–Trinajstić information content (AvgIpc) is 2.43. The van der Waals surface area contributed by atoms with Crippen molar-refractivity contribution in [3.05, 3.63) is 35.9 Å². The largest absolute Gasteiger partial charge is 0.289 e. The molecule has 0 spiro atoms. The van der Waals surface area contributed by atoms with E-state index in [1.807, 2.05) is 6.07 Å². The summed E-state index contributed by atoms with van der Waals surface area (Å²) in [6.45, 7) is 0.411. The van der Waals surface area contributed by atoms with Crippen LogP contribution in [0.5, 0.6) is 0 Å². The van der Waals surface area contributed by atoms with Crippen molar-refractivity contribution >= 4 is 11.8 Å². The number of nitrogens with one attached hydrogen (secondary N) is 1. The van der Waals surface area contributed by atoms with Gasteiger partial charge >= 0.3 is 0 Å². The monoisotopic (exact) mass is 265 g/mol. The second-order valence-corrected chi connectivity index (χ2v) is 4.28. The molecule has 0 aliphatic carbocycles. The van der Waals surface area contributed by atoms with E-state index < -0.39 is 5.91 Å². The lowest BCUT2D eigenvalue weighted by Gasteiger charge is -2.29. The number of hydroxylamine groups is 1. The van der Waals surface area contributed by atoms with E-state index in [4.69, 9.17) is 5.21 Å². The van der Waals surface area contributed by atoms with E-state index in [-0.39, 0.29) is 12.3 Å². The molecular weight excluding hydrogens is 246 g/mol. The number of carbonyl (C=O) groups excluding carboxylic acids is 2. The molecular formula is C13H19N3O3. The molecule has 1 aromatic carbocycles. The molecule has 6 nitrogen and oxygen atoms in total. The molecule has 104 valence electrons. The van der Waals surface area contributed by atoms with E-state index in [1.165, 1.54) is 0 Å². The Kier molecular flexibility index (Phi) is 5.98. The zero-order valence-corrected chi connectivity index (χ0v) is 11.2. The van der Waals surface area contributed by atoms with Gasteiger partial charge in [-0.25, -0.2) is 10.5 Å². The minimum Gasteiger partial charge on any atom is -0.289 e. The fourth-order valence-electron chi connectivity index (χ4n) is 1.66. The van der Waals surface area contributed by atoms with Crippen LogP contribution in [0.25, 0.3) is 0 Å². The standard InChI is InChI=1S/C13H19N3O3/c1-15(2)16(10-6-9-12(17)14-19)13(18)11-7-4-3-5-8-11/h3-5,7-8,19H,6,9-10H2,1-2H3,(H,14,17). The van der Waals surface area contributed by atoms with Gasteiger partial charge in [0, 0.05) is 32.6 Å². The van der Waals surface area contributed by atoms with Crippen LogP contribution in [0.3, 0.4) is 0 Å². The first-order valence-corrected chi connectivity index (χ1v) is 6.03. The van der Waals surface area contributed by atoms with E-state index in [0.29, 0.717) is 18.5 Å². The predicted molar refractivity (Wildman–Crippen MR) is 70.3 cm³/mol. The van der Waals surface area contributed by atoms with Gasteiger partial charge in [0.25, 0.3) is 5.91 Å². The van der Waals surface area contributed by atoms with Crippen molar-refractivity contribution in [3.8, 4) is 0 Å². The van der Waals surface area contributed by atoms with E-state index in [9.17, 15) is 9.59 Å². The van der Waals surface area contributed by atoms with Crippen LogP contribution >= 0.6 is 0 Å². The summed E-state index contributed by atoms with van der Waals surface area (Å²) in [6.07, 6.45) is 0.645. The lowest BCUT2D eigenvalue weighted by molar-refractivity contribution is -0.129. The third kappa shape index (κ3) is 4.69. The highest BCUT2D eigenvalue weighted by Crippen LogP contribution is 2.07. The minimum absolute atomic E-state index is 0.116. The van der Waals surface area contributed by atoms with Crippen molar-refractivity contribution < 1.29 is 14.8 Å². The summed E-state index contributed by atoms with van der Waals surface area (Å²) in [4.78, 5) is 23.2. The van der Waals surface area contributed by atoms with Crippen LogP contribution in [-0.4, -0.2) is 47.7 Å². The number of rotatable bonds is 6. The summed E-state index contributed by atoms with van der Waals surface area (Å²) in [5.74, 6) is -0.569. The number of hydrogen-bond acceptors (Lipinski definition) is 4. The second-order valence-electron chi connectivity index (χ2n) is 4.28. The number of hydrazine groups is 1. The zero-order chi connectivity index (χ0) is 14.3. The molecule has 19 heavy (non-hydrogen) atoms. The van der Waals surface area contributed by atoms with E-state index >= 15 is 0 Å². The van der Waals surface area contributed by atoms with Crippen LogP contribution in [0.1, 0.15) is 23.2 Å². The molecule has 6 heteroatoms. The number of amides is 2. The van der Waals surface area contributed by atoms with Crippen molar-refractivity contribution in [1.82, 2.24) is 15.5 Å². The number of benzene rings is 1. The topological polar surface area (TPSA) is 72.9 Å². The maximum atomic E-state index is 12.3. The molecule has 2 amide bonds. The Morgan fingerprint density at radius 3 is 2.37 bits per heavy atom. The molecule has 0 heterocycles. The molecule has 0 saturated heterocycles. The normalized spacial score (nSPS) is 10.3. The summed E-state index contributed by atoms with van der Waals surface area (Å²) >= 11 is 0. The SMILES string of the molecule is CN(C)N(CCCC(=O)NO)C(=O)c1ccccc1. The highest BCUT2D eigenvalue weighted by Gasteiger charge is 2.17. The first-order valence-electron chi connectivity index (χ1n) is 6.03. The predicted octanol–water partition coefficient (Wildman–Crippen LogP) is 0.891. The van der Waals surface area contributed by atoms with Gasteiger partial charge in [0.05, 0.1) is 0 Å². The van der Waals surface area contributed by atoms with Crippen molar-refractivity contribution in [2.45, 2.75) is 12.8 Å². The Labute approximate surface area is 112 Å². The van der Waals surface area contributed by atoms with Gasteiger partial charge in [-0.1, -0.05) is 18.2 Å². The summed E-state index contributed by atoms with van der Waals surface area (Å²) in [5.41, 5.74) is 2.17. The van der Waals surface area contributed by atoms with Crippen molar-refractivity contribution in [1.29, 1.82) is 0 Å². The Bertz CT molecular complexity index is 420. The molecule has 0 fully saturated rings. The molecule has 0 bridgehead atoms. The average molecular weight is 265 g/mol. The first-order chi connectivity index (χ1) is 9.06. The molecule has 0 radical (unpaired) electrons. The van der Waals surface area contributed by atoms with Crippen molar-refractivity contribution in [2.75, 3.05) is 20.6 Å². The van der Waals surface area contributed by atoms with E-state index in [0.717, 1.165) is 0 Å². The Hall–Kier alpha value is -1.92. The van der Waals surface area contributed by atoms with Gasteiger partial charge in [-0.15, -0.1) is 0 Å². The molecule has 0 saturated carbocycles. The summed E-state index contributed by atoms with van der Waals surface area (Å²) in [7, 11) is 3.54. The van der Waals surface area contributed by atoms with Gasteiger partial charge in [-0.3, -0.25) is 19.8 Å². The Morgan fingerprint density at radius 1 is 1.21 bits per heavy atom. The van der Waals surface area contributed by atoms with Crippen LogP contribution in [0.15, 0.2) is 30.3 Å². The van der Waals surface area contributed by atoms with Crippen LogP contribution in [-0.2, 0) is 4.79 Å². The fraction of sp³-hybridized carbons (Fsp3) is 0.385. The quantitative estimate of drug-likeness (QED) is 0.592. The third-order valence-corrected chi connectivity index (χ3v) is 2.64. The van der Waals surface area contributed by atoms with Gasteiger partial charge in [-0.2, -0.15) is 0 Å². The molecule has 0 aliphatic heterocycles. The Morgan fingerprint density at radius 2 is 1.84 bits per heavy atom. The first kappa shape index (κ1) is 15.1. The lowest BCUT2D eigenvalue weighted by Crippen LogP contribution is -2.42. The van der Waals surface area contributed by atoms with Gasteiger partial charge in [0.15, 0.2) is 0 Å². The van der Waals surface area contributed by atoms with Gasteiger partial charge in [0.1, 0.15) is 0 Å². The Balaban J connectivity index is 2.62. The third-order valence-electron chi connectivity index (χ3n) is 2.64. The van der Waals surface area contributed by atoms with Gasteiger partial charge in [0.2, 0.25) is 5.91 Å².